The molecule has 6 nitrogen and oxygen atoms in total. The minimum atomic E-state index is 0.415. The third-order valence-electron chi connectivity index (χ3n) is 5.62. The van der Waals surface area contributed by atoms with Crippen molar-refractivity contribution in [3.8, 4) is 17.0 Å². The van der Waals surface area contributed by atoms with E-state index in [2.05, 4.69) is 25.8 Å². The van der Waals surface area contributed by atoms with Gasteiger partial charge in [-0.15, -0.1) is 0 Å². The molecule has 0 amide bonds. The third-order valence-corrected chi connectivity index (χ3v) is 5.62. The molecule has 4 aromatic rings. The first-order valence-electron chi connectivity index (χ1n) is 10.6. The Morgan fingerprint density at radius 3 is 2.73 bits per heavy atom. The van der Waals surface area contributed by atoms with Gasteiger partial charge < -0.3 is 10.1 Å². The molecule has 0 radical (unpaired) electrons. The van der Waals surface area contributed by atoms with Crippen LogP contribution in [0.4, 0.5) is 5.82 Å². The summed E-state index contributed by atoms with van der Waals surface area (Å²) in [5, 5.41) is 3.78. The lowest BCUT2D eigenvalue weighted by Gasteiger charge is -2.24. The van der Waals surface area contributed by atoms with Crippen LogP contribution in [0, 0.1) is 0 Å². The maximum absolute atomic E-state index is 6.16. The predicted molar refractivity (Wildman–Crippen MR) is 117 cm³/mol. The normalized spacial score (nSPS) is 14.7. The van der Waals surface area contributed by atoms with Crippen LogP contribution >= 0.6 is 0 Å². The molecular formula is C24H25N5O. The van der Waals surface area contributed by atoms with Gasteiger partial charge in [-0.1, -0.05) is 37.5 Å². The van der Waals surface area contributed by atoms with E-state index in [1.54, 1.807) is 18.6 Å². The molecule has 152 valence electrons. The van der Waals surface area contributed by atoms with Gasteiger partial charge in [0.25, 0.3) is 0 Å². The van der Waals surface area contributed by atoms with Gasteiger partial charge in [0, 0.05) is 30.2 Å². The highest BCUT2D eigenvalue weighted by Gasteiger charge is 2.21. The standard InChI is InChI=1S/C24H25N5O/c1-2-8-18(9-3-1)27-24-23(28-22-16-25-14-15-29(22)24)20-11-4-5-12-21(20)30-17-19-10-6-7-13-26-19/h4-7,10-16,18,27H,1-3,8-9,17H2. The topological polar surface area (TPSA) is 64.3 Å². The van der Waals surface area contributed by atoms with Crippen molar-refractivity contribution >= 4 is 11.5 Å². The number of hydrogen-bond acceptors (Lipinski definition) is 5. The van der Waals surface area contributed by atoms with E-state index < -0.39 is 0 Å². The zero-order chi connectivity index (χ0) is 20.2. The van der Waals surface area contributed by atoms with E-state index in [0.29, 0.717) is 12.6 Å². The summed E-state index contributed by atoms with van der Waals surface area (Å²) < 4.78 is 8.25. The van der Waals surface area contributed by atoms with Crippen molar-refractivity contribution in [3.63, 3.8) is 0 Å². The second kappa shape index (κ2) is 8.53. The Morgan fingerprint density at radius 2 is 1.87 bits per heavy atom. The number of aromatic nitrogens is 4. The first kappa shape index (κ1) is 18.6. The molecule has 0 aliphatic heterocycles. The molecule has 0 unspecified atom stereocenters. The molecule has 1 aliphatic carbocycles. The second-order valence-electron chi connectivity index (χ2n) is 7.70. The van der Waals surface area contributed by atoms with Gasteiger partial charge in [0.15, 0.2) is 5.65 Å². The van der Waals surface area contributed by atoms with E-state index >= 15 is 0 Å². The Kier molecular flexibility index (Phi) is 5.29. The Morgan fingerprint density at radius 1 is 1.00 bits per heavy atom. The fourth-order valence-corrected chi connectivity index (χ4v) is 4.10. The van der Waals surface area contributed by atoms with Crippen LogP contribution in [0.25, 0.3) is 16.9 Å². The molecule has 6 heteroatoms. The molecule has 1 aliphatic rings. The molecular weight excluding hydrogens is 374 g/mol. The summed E-state index contributed by atoms with van der Waals surface area (Å²) in [4.78, 5) is 13.5. The highest BCUT2D eigenvalue weighted by atomic mass is 16.5. The summed E-state index contributed by atoms with van der Waals surface area (Å²) in [6, 6.07) is 14.4. The predicted octanol–water partition coefficient (Wildman–Crippen LogP) is 5.11. The molecule has 3 aromatic heterocycles. The molecule has 1 N–H and O–H groups in total. The van der Waals surface area contributed by atoms with Crippen LogP contribution in [0.5, 0.6) is 5.75 Å². The maximum Gasteiger partial charge on any atom is 0.157 e. The molecule has 0 bridgehead atoms. The van der Waals surface area contributed by atoms with Gasteiger partial charge in [0.1, 0.15) is 23.9 Å². The smallest absolute Gasteiger partial charge is 0.157 e. The first-order valence-corrected chi connectivity index (χ1v) is 10.6. The van der Waals surface area contributed by atoms with Crippen molar-refractivity contribution in [2.75, 3.05) is 5.32 Å². The van der Waals surface area contributed by atoms with Gasteiger partial charge in [-0.25, -0.2) is 4.98 Å². The molecule has 5 rings (SSSR count). The van der Waals surface area contributed by atoms with Crippen LogP contribution in [0.2, 0.25) is 0 Å². The number of anilines is 1. The molecule has 3 heterocycles. The Hall–Kier alpha value is -3.41. The average molecular weight is 399 g/mol. The fraction of sp³-hybridized carbons (Fsp3) is 0.292. The molecule has 0 saturated heterocycles. The van der Waals surface area contributed by atoms with Crippen molar-refractivity contribution in [2.45, 2.75) is 44.8 Å². The molecule has 30 heavy (non-hydrogen) atoms. The lowest BCUT2D eigenvalue weighted by atomic mass is 9.95. The summed E-state index contributed by atoms with van der Waals surface area (Å²) in [5.41, 5.74) is 3.58. The summed E-state index contributed by atoms with van der Waals surface area (Å²) in [7, 11) is 0. The SMILES string of the molecule is c1ccc(COc2ccccc2-c2nc3cnccn3c2NC2CCCCC2)nc1. The molecule has 0 atom stereocenters. The van der Waals surface area contributed by atoms with E-state index in [1.807, 2.05) is 42.6 Å². The van der Waals surface area contributed by atoms with Crippen molar-refractivity contribution < 1.29 is 4.74 Å². The Balaban J connectivity index is 1.52. The lowest BCUT2D eigenvalue weighted by molar-refractivity contribution is 0.302. The molecule has 1 saturated carbocycles. The quantitative estimate of drug-likeness (QED) is 0.488. The number of para-hydroxylation sites is 1. The summed E-state index contributed by atoms with van der Waals surface area (Å²) in [6.45, 7) is 0.415. The van der Waals surface area contributed by atoms with Crippen molar-refractivity contribution in [1.29, 1.82) is 0 Å². The lowest BCUT2D eigenvalue weighted by Crippen LogP contribution is -2.23. The number of benzene rings is 1. The summed E-state index contributed by atoms with van der Waals surface area (Å²) >= 11 is 0. The van der Waals surface area contributed by atoms with Crippen LogP contribution < -0.4 is 10.1 Å². The second-order valence-corrected chi connectivity index (χ2v) is 7.70. The molecule has 1 aromatic carbocycles. The van der Waals surface area contributed by atoms with E-state index in [0.717, 1.165) is 34.2 Å². The highest BCUT2D eigenvalue weighted by Crippen LogP contribution is 2.36. The molecule has 1 fully saturated rings. The zero-order valence-corrected chi connectivity index (χ0v) is 16.9. The summed E-state index contributed by atoms with van der Waals surface area (Å²) in [6.07, 6.45) is 13.6. The number of hydrogen-bond donors (Lipinski definition) is 1. The van der Waals surface area contributed by atoms with E-state index in [-0.39, 0.29) is 0 Å². The van der Waals surface area contributed by atoms with Crippen molar-refractivity contribution in [2.24, 2.45) is 0 Å². The van der Waals surface area contributed by atoms with E-state index in [9.17, 15) is 0 Å². The number of nitrogens with zero attached hydrogens (tertiary/aromatic N) is 4. The summed E-state index contributed by atoms with van der Waals surface area (Å²) in [5.74, 6) is 1.80. The van der Waals surface area contributed by atoms with E-state index in [1.165, 1.54) is 32.1 Å². The third kappa shape index (κ3) is 3.85. The van der Waals surface area contributed by atoms with Gasteiger partial charge in [-0.3, -0.25) is 14.4 Å². The maximum atomic E-state index is 6.16. The van der Waals surface area contributed by atoms with Crippen LogP contribution in [0.15, 0.2) is 67.3 Å². The van der Waals surface area contributed by atoms with Crippen LogP contribution in [-0.2, 0) is 6.61 Å². The van der Waals surface area contributed by atoms with E-state index in [4.69, 9.17) is 9.72 Å². The van der Waals surface area contributed by atoms with Crippen molar-refractivity contribution in [1.82, 2.24) is 19.4 Å². The van der Waals surface area contributed by atoms with Gasteiger partial charge in [0.05, 0.1) is 11.9 Å². The van der Waals surface area contributed by atoms with Crippen LogP contribution in [0.3, 0.4) is 0 Å². The fourth-order valence-electron chi connectivity index (χ4n) is 4.10. The zero-order valence-electron chi connectivity index (χ0n) is 16.9. The van der Waals surface area contributed by atoms with Gasteiger partial charge in [-0.05, 0) is 37.1 Å². The minimum Gasteiger partial charge on any atom is -0.487 e. The highest BCUT2D eigenvalue weighted by molar-refractivity contribution is 5.80. The number of imidazole rings is 1. The number of rotatable bonds is 6. The van der Waals surface area contributed by atoms with Crippen LogP contribution in [0.1, 0.15) is 37.8 Å². The van der Waals surface area contributed by atoms with Gasteiger partial charge in [-0.2, -0.15) is 0 Å². The average Bonchev–Trinajstić information content (AvgIpc) is 3.17. The number of nitrogens with one attached hydrogen (secondary N) is 1. The van der Waals surface area contributed by atoms with Gasteiger partial charge in [0.2, 0.25) is 0 Å². The Labute approximate surface area is 176 Å². The van der Waals surface area contributed by atoms with Crippen LogP contribution in [-0.4, -0.2) is 25.4 Å². The van der Waals surface area contributed by atoms with Crippen molar-refractivity contribution in [3.05, 3.63) is 72.9 Å². The first-order chi connectivity index (χ1) is 14.9. The Bertz CT molecular complexity index is 1120. The monoisotopic (exact) mass is 399 g/mol. The largest absolute Gasteiger partial charge is 0.487 e. The number of fused-ring (bicyclic) bond motifs is 1. The van der Waals surface area contributed by atoms with Gasteiger partial charge >= 0.3 is 0 Å². The number of pyridine rings is 1. The molecule has 0 spiro atoms. The minimum absolute atomic E-state index is 0.415. The number of ether oxygens (including phenoxy) is 1.